The number of hydrogen-bond donors (Lipinski definition) is 1. The number of hydrogen-bond acceptors (Lipinski definition) is 1. The molecule has 1 N–H and O–H groups in total. The molecule has 0 heterocycles. The van der Waals surface area contributed by atoms with E-state index >= 15 is 0 Å². The molecule has 1 saturated carbocycles. The molecule has 76 valence electrons. The molecule has 0 radical (unpaired) electrons. The first-order chi connectivity index (χ1) is 6.24. The molecule has 1 unspecified atom stereocenters. The van der Waals surface area contributed by atoms with Gasteiger partial charge in [-0.15, -0.1) is 6.58 Å². The van der Waals surface area contributed by atoms with Gasteiger partial charge in [-0.25, -0.2) is 0 Å². The van der Waals surface area contributed by atoms with Crippen molar-refractivity contribution in [3.63, 3.8) is 0 Å². The first kappa shape index (κ1) is 10.8. The van der Waals surface area contributed by atoms with Gasteiger partial charge in [0.25, 0.3) is 0 Å². The third-order valence-corrected chi connectivity index (χ3v) is 2.73. The molecule has 0 bridgehead atoms. The van der Waals surface area contributed by atoms with Gasteiger partial charge in [0.15, 0.2) is 0 Å². The van der Waals surface area contributed by atoms with Crippen LogP contribution in [0.2, 0.25) is 0 Å². The maximum absolute atomic E-state index is 3.96. The smallest absolute Gasteiger partial charge is 0.00983 e. The minimum absolute atomic E-state index is 0.775. The number of nitrogens with one attached hydrogen (secondary N) is 1. The van der Waals surface area contributed by atoms with Crippen molar-refractivity contribution in [1.82, 2.24) is 5.32 Å². The van der Waals surface area contributed by atoms with Crippen molar-refractivity contribution in [2.75, 3.05) is 6.54 Å². The lowest BCUT2D eigenvalue weighted by molar-refractivity contribution is 0.435. The highest BCUT2D eigenvalue weighted by Crippen LogP contribution is 2.34. The average Bonchev–Trinajstić information content (AvgIpc) is 2.87. The van der Waals surface area contributed by atoms with Crippen LogP contribution in [0.5, 0.6) is 0 Å². The molecule has 13 heavy (non-hydrogen) atoms. The Labute approximate surface area is 82.6 Å². The Morgan fingerprint density at radius 3 is 2.69 bits per heavy atom. The highest BCUT2D eigenvalue weighted by Gasteiger charge is 2.29. The van der Waals surface area contributed by atoms with Crippen molar-refractivity contribution in [3.05, 3.63) is 12.2 Å². The summed E-state index contributed by atoms with van der Waals surface area (Å²) in [5, 5.41) is 3.65. The van der Waals surface area contributed by atoms with Crippen LogP contribution in [0.4, 0.5) is 0 Å². The predicted molar refractivity (Wildman–Crippen MR) is 58.9 cm³/mol. The fourth-order valence-corrected chi connectivity index (χ4v) is 1.73. The summed E-state index contributed by atoms with van der Waals surface area (Å²) in [7, 11) is 0. The Morgan fingerprint density at radius 1 is 1.54 bits per heavy atom. The maximum atomic E-state index is 3.96. The molecule has 1 aliphatic carbocycles. The third-order valence-electron chi connectivity index (χ3n) is 2.73. The van der Waals surface area contributed by atoms with Crippen molar-refractivity contribution in [3.8, 4) is 0 Å². The second kappa shape index (κ2) is 5.43. The minimum Gasteiger partial charge on any atom is -0.314 e. The van der Waals surface area contributed by atoms with Gasteiger partial charge in [-0.1, -0.05) is 12.5 Å². The quantitative estimate of drug-likeness (QED) is 0.595. The second-order valence-corrected chi connectivity index (χ2v) is 4.39. The molecule has 0 amide bonds. The summed E-state index contributed by atoms with van der Waals surface area (Å²) in [6.07, 6.45) is 6.61. The van der Waals surface area contributed by atoms with Crippen LogP contribution in [0.1, 0.15) is 46.0 Å². The number of rotatable bonds is 7. The van der Waals surface area contributed by atoms with Crippen LogP contribution < -0.4 is 5.32 Å². The molecular formula is C12H23N. The standard InChI is InChI=1S/C12H23N/c1-4-9-13-12(11-6-7-11)8-5-10(2)3/h11-13H,2,4-9H2,1,3H3. The van der Waals surface area contributed by atoms with Crippen molar-refractivity contribution in [2.24, 2.45) is 5.92 Å². The molecule has 0 aliphatic heterocycles. The van der Waals surface area contributed by atoms with Crippen molar-refractivity contribution in [2.45, 2.75) is 52.0 Å². The van der Waals surface area contributed by atoms with Crippen LogP contribution in [0, 0.1) is 5.92 Å². The van der Waals surface area contributed by atoms with Crippen LogP contribution in [-0.4, -0.2) is 12.6 Å². The SMILES string of the molecule is C=C(C)CCC(NCCC)C1CC1. The Balaban J connectivity index is 2.17. The van der Waals surface area contributed by atoms with Crippen LogP contribution in [-0.2, 0) is 0 Å². The maximum Gasteiger partial charge on any atom is 0.00983 e. The summed E-state index contributed by atoms with van der Waals surface area (Å²) >= 11 is 0. The van der Waals surface area contributed by atoms with Gasteiger partial charge in [-0.3, -0.25) is 0 Å². The summed E-state index contributed by atoms with van der Waals surface area (Å²) < 4.78 is 0. The topological polar surface area (TPSA) is 12.0 Å². The average molecular weight is 181 g/mol. The fraction of sp³-hybridized carbons (Fsp3) is 0.833. The van der Waals surface area contributed by atoms with E-state index in [2.05, 4.69) is 25.7 Å². The molecule has 0 spiro atoms. The zero-order valence-electron chi connectivity index (χ0n) is 9.10. The molecule has 1 atom stereocenters. The van der Waals surface area contributed by atoms with E-state index in [4.69, 9.17) is 0 Å². The van der Waals surface area contributed by atoms with Gasteiger partial charge < -0.3 is 5.32 Å². The summed E-state index contributed by atoms with van der Waals surface area (Å²) in [4.78, 5) is 0. The second-order valence-electron chi connectivity index (χ2n) is 4.39. The molecule has 0 aromatic rings. The summed E-state index contributed by atoms with van der Waals surface area (Å²) in [5.41, 5.74) is 1.32. The van der Waals surface area contributed by atoms with E-state index in [0.717, 1.165) is 12.0 Å². The zero-order valence-corrected chi connectivity index (χ0v) is 9.10. The predicted octanol–water partition coefficient (Wildman–Crippen LogP) is 3.12. The summed E-state index contributed by atoms with van der Waals surface area (Å²) in [6.45, 7) is 9.50. The highest BCUT2D eigenvalue weighted by molar-refractivity contribution is 4.93. The third kappa shape index (κ3) is 4.47. The van der Waals surface area contributed by atoms with Crippen molar-refractivity contribution in [1.29, 1.82) is 0 Å². The van der Waals surface area contributed by atoms with E-state index < -0.39 is 0 Å². The monoisotopic (exact) mass is 181 g/mol. The normalized spacial score (nSPS) is 18.6. The molecule has 1 aliphatic rings. The van der Waals surface area contributed by atoms with E-state index in [9.17, 15) is 0 Å². The lowest BCUT2D eigenvalue weighted by Crippen LogP contribution is -2.31. The molecule has 0 aromatic heterocycles. The molecule has 1 fully saturated rings. The van der Waals surface area contributed by atoms with Gasteiger partial charge in [-0.05, 0) is 51.5 Å². The van der Waals surface area contributed by atoms with Crippen LogP contribution in [0.15, 0.2) is 12.2 Å². The first-order valence-electron chi connectivity index (χ1n) is 5.61. The van der Waals surface area contributed by atoms with Gasteiger partial charge in [0, 0.05) is 6.04 Å². The molecule has 0 saturated heterocycles. The number of allylic oxidation sites excluding steroid dienone is 1. The van der Waals surface area contributed by atoms with E-state index in [1.165, 1.54) is 44.2 Å². The van der Waals surface area contributed by atoms with Crippen molar-refractivity contribution < 1.29 is 0 Å². The fourth-order valence-electron chi connectivity index (χ4n) is 1.73. The van der Waals surface area contributed by atoms with Crippen molar-refractivity contribution >= 4 is 0 Å². The summed E-state index contributed by atoms with van der Waals surface area (Å²) in [5.74, 6) is 0.978. The first-order valence-corrected chi connectivity index (χ1v) is 5.61. The Hall–Kier alpha value is -0.300. The molecule has 1 heteroatoms. The molecular weight excluding hydrogens is 158 g/mol. The molecule has 1 nitrogen and oxygen atoms in total. The van der Waals surface area contributed by atoms with Crippen LogP contribution >= 0.6 is 0 Å². The van der Waals surface area contributed by atoms with Crippen LogP contribution in [0.3, 0.4) is 0 Å². The van der Waals surface area contributed by atoms with Crippen LogP contribution in [0.25, 0.3) is 0 Å². The van der Waals surface area contributed by atoms with E-state index in [-0.39, 0.29) is 0 Å². The zero-order chi connectivity index (χ0) is 9.68. The van der Waals surface area contributed by atoms with Gasteiger partial charge in [0.05, 0.1) is 0 Å². The Bertz CT molecular complexity index is 159. The van der Waals surface area contributed by atoms with E-state index in [1.54, 1.807) is 0 Å². The largest absolute Gasteiger partial charge is 0.314 e. The Kier molecular flexibility index (Phi) is 4.51. The molecule has 0 aromatic carbocycles. The lowest BCUT2D eigenvalue weighted by Gasteiger charge is -2.17. The highest BCUT2D eigenvalue weighted by atomic mass is 14.9. The van der Waals surface area contributed by atoms with E-state index in [1.807, 2.05) is 0 Å². The van der Waals surface area contributed by atoms with Gasteiger partial charge in [-0.2, -0.15) is 0 Å². The van der Waals surface area contributed by atoms with Gasteiger partial charge >= 0.3 is 0 Å². The van der Waals surface area contributed by atoms with Gasteiger partial charge in [0.2, 0.25) is 0 Å². The molecule has 1 rings (SSSR count). The summed E-state index contributed by atoms with van der Waals surface area (Å²) in [6, 6.07) is 0.775. The van der Waals surface area contributed by atoms with E-state index in [0.29, 0.717) is 0 Å². The minimum atomic E-state index is 0.775. The lowest BCUT2D eigenvalue weighted by atomic mass is 10.0. The van der Waals surface area contributed by atoms with Gasteiger partial charge in [0.1, 0.15) is 0 Å². The Morgan fingerprint density at radius 2 is 2.23 bits per heavy atom.